The molecule has 0 fully saturated rings. The van der Waals surface area contributed by atoms with Gasteiger partial charge in [-0.2, -0.15) is 5.10 Å². The maximum absolute atomic E-state index is 12.3. The Kier molecular flexibility index (Phi) is 3.02. The van der Waals surface area contributed by atoms with Gasteiger partial charge in [-0.05, 0) is 38.1 Å². The van der Waals surface area contributed by atoms with Gasteiger partial charge in [0.25, 0.3) is 5.91 Å². The third-order valence-electron chi connectivity index (χ3n) is 3.01. The number of nitrogens with zero attached hydrogens (tertiary/aromatic N) is 3. The van der Waals surface area contributed by atoms with Gasteiger partial charge in [0.05, 0.1) is 5.52 Å². The van der Waals surface area contributed by atoms with E-state index in [9.17, 15) is 4.79 Å². The predicted octanol–water partition coefficient (Wildman–Crippen LogP) is 1.80. The number of rotatable bonds is 2. The summed E-state index contributed by atoms with van der Waals surface area (Å²) in [5.74, 6) is -0.116. The first kappa shape index (κ1) is 13.0. The molecule has 0 spiro atoms. The molecule has 1 aromatic carbocycles. The molecule has 7 heteroatoms. The molecular formula is C14H14N6O. The van der Waals surface area contributed by atoms with Crippen LogP contribution in [0.5, 0.6) is 0 Å². The average molecular weight is 282 g/mol. The largest absolute Gasteiger partial charge is 0.399 e. The fraction of sp³-hybridized carbons (Fsp3) is 0.143. The van der Waals surface area contributed by atoms with Crippen molar-refractivity contribution in [3.63, 3.8) is 0 Å². The number of hydrogen-bond acceptors (Lipinski definition) is 5. The third kappa shape index (κ3) is 2.53. The fourth-order valence-electron chi connectivity index (χ4n) is 2.15. The van der Waals surface area contributed by atoms with Crippen LogP contribution in [0, 0.1) is 13.8 Å². The molecule has 2 aromatic heterocycles. The molecule has 2 heterocycles. The number of H-pyrrole nitrogens is 1. The van der Waals surface area contributed by atoms with Crippen molar-refractivity contribution in [3.8, 4) is 0 Å². The molecule has 106 valence electrons. The molecule has 7 nitrogen and oxygen atoms in total. The highest BCUT2D eigenvalue weighted by atomic mass is 16.2. The molecule has 21 heavy (non-hydrogen) atoms. The van der Waals surface area contributed by atoms with Crippen LogP contribution >= 0.6 is 0 Å². The zero-order valence-corrected chi connectivity index (χ0v) is 11.6. The molecule has 0 saturated carbocycles. The minimum Gasteiger partial charge on any atom is -0.399 e. The molecule has 0 bridgehead atoms. The predicted molar refractivity (Wildman–Crippen MR) is 80.0 cm³/mol. The van der Waals surface area contributed by atoms with Gasteiger partial charge in [0, 0.05) is 22.5 Å². The molecule has 0 atom stereocenters. The van der Waals surface area contributed by atoms with E-state index >= 15 is 0 Å². The van der Waals surface area contributed by atoms with Gasteiger partial charge in [0.1, 0.15) is 0 Å². The number of fused-ring (bicyclic) bond motifs is 1. The summed E-state index contributed by atoms with van der Waals surface area (Å²) in [5, 5.41) is 10.1. The van der Waals surface area contributed by atoms with Gasteiger partial charge in [-0.1, -0.05) is 0 Å². The topological polar surface area (TPSA) is 110 Å². The van der Waals surface area contributed by atoms with E-state index in [2.05, 4.69) is 25.5 Å². The summed E-state index contributed by atoms with van der Waals surface area (Å²) in [5.41, 5.74) is 8.90. The lowest BCUT2D eigenvalue weighted by atomic mass is 10.2. The highest BCUT2D eigenvalue weighted by Crippen LogP contribution is 2.19. The van der Waals surface area contributed by atoms with Crippen molar-refractivity contribution in [2.24, 2.45) is 0 Å². The summed E-state index contributed by atoms with van der Waals surface area (Å²) in [6.45, 7) is 3.68. The molecule has 0 aliphatic heterocycles. The van der Waals surface area contributed by atoms with E-state index in [1.54, 1.807) is 18.2 Å². The molecule has 4 N–H and O–H groups in total. The number of carbonyl (C=O) groups excluding carboxylic acids is 1. The van der Waals surface area contributed by atoms with E-state index < -0.39 is 0 Å². The number of aromatic nitrogens is 4. The summed E-state index contributed by atoms with van der Waals surface area (Å²) in [7, 11) is 0. The van der Waals surface area contributed by atoms with E-state index in [1.165, 1.54) is 0 Å². The van der Waals surface area contributed by atoms with Crippen molar-refractivity contribution < 1.29 is 4.79 Å². The van der Waals surface area contributed by atoms with Crippen molar-refractivity contribution in [3.05, 3.63) is 41.3 Å². The van der Waals surface area contributed by atoms with E-state index in [1.807, 2.05) is 19.9 Å². The molecule has 1 amide bonds. The third-order valence-corrected chi connectivity index (χ3v) is 3.01. The van der Waals surface area contributed by atoms with E-state index in [0.717, 1.165) is 16.9 Å². The quantitative estimate of drug-likeness (QED) is 0.621. The number of benzene rings is 1. The van der Waals surface area contributed by atoms with Crippen LogP contribution in [0.15, 0.2) is 24.3 Å². The monoisotopic (exact) mass is 282 g/mol. The van der Waals surface area contributed by atoms with Crippen LogP contribution in [0.25, 0.3) is 10.9 Å². The van der Waals surface area contributed by atoms with Crippen molar-refractivity contribution in [1.82, 2.24) is 20.2 Å². The summed E-state index contributed by atoms with van der Waals surface area (Å²) in [6, 6.07) is 7.06. The number of aromatic amines is 1. The van der Waals surface area contributed by atoms with Crippen LogP contribution in [0.3, 0.4) is 0 Å². The Labute approximate surface area is 120 Å². The summed E-state index contributed by atoms with van der Waals surface area (Å²) in [4.78, 5) is 20.7. The number of nitrogen functional groups attached to an aromatic ring is 1. The number of amides is 1. The summed E-state index contributed by atoms with van der Waals surface area (Å²) in [6.07, 6.45) is 0. The number of nitrogens with two attached hydrogens (primary N) is 1. The zero-order chi connectivity index (χ0) is 15.0. The van der Waals surface area contributed by atoms with Crippen molar-refractivity contribution in [2.75, 3.05) is 11.1 Å². The molecule has 0 saturated heterocycles. The fourth-order valence-corrected chi connectivity index (χ4v) is 2.15. The Morgan fingerprint density at radius 3 is 2.62 bits per heavy atom. The van der Waals surface area contributed by atoms with Crippen molar-refractivity contribution >= 4 is 28.4 Å². The van der Waals surface area contributed by atoms with Gasteiger partial charge in [-0.3, -0.25) is 15.2 Å². The van der Waals surface area contributed by atoms with Crippen molar-refractivity contribution in [2.45, 2.75) is 13.8 Å². The molecule has 3 aromatic rings. The second kappa shape index (κ2) is 4.86. The molecule has 3 rings (SSSR count). The second-order valence-corrected chi connectivity index (χ2v) is 4.81. The smallest absolute Gasteiger partial charge is 0.279 e. The SMILES string of the molecule is Cc1cc(C)nc(NC(=O)c2n[nH]c3ccc(N)cc23)n1. The van der Waals surface area contributed by atoms with Crippen LogP contribution in [-0.4, -0.2) is 26.1 Å². The number of hydrogen-bond donors (Lipinski definition) is 3. The lowest BCUT2D eigenvalue weighted by Crippen LogP contribution is -2.15. The number of anilines is 2. The van der Waals surface area contributed by atoms with Gasteiger partial charge in [-0.15, -0.1) is 0 Å². The van der Waals surface area contributed by atoms with Gasteiger partial charge >= 0.3 is 0 Å². The van der Waals surface area contributed by atoms with Crippen LogP contribution in [0.4, 0.5) is 11.6 Å². The molecular weight excluding hydrogens is 268 g/mol. The van der Waals surface area contributed by atoms with Gasteiger partial charge in [0.15, 0.2) is 5.69 Å². The van der Waals surface area contributed by atoms with Crippen LogP contribution in [-0.2, 0) is 0 Å². The first-order valence-corrected chi connectivity index (χ1v) is 6.40. The standard InChI is InChI=1S/C14H14N6O/c1-7-5-8(2)17-14(16-7)18-13(21)12-10-6-9(15)3-4-11(10)19-20-12/h3-6H,15H2,1-2H3,(H,19,20)(H,16,17,18,21). The minimum absolute atomic E-state index is 0.262. The maximum Gasteiger partial charge on any atom is 0.279 e. The number of nitrogens with one attached hydrogen (secondary N) is 2. The Balaban J connectivity index is 1.95. The minimum atomic E-state index is -0.378. The van der Waals surface area contributed by atoms with Gasteiger partial charge in [0.2, 0.25) is 5.95 Å². The van der Waals surface area contributed by atoms with Crippen LogP contribution in [0.1, 0.15) is 21.9 Å². The maximum atomic E-state index is 12.3. The molecule has 0 aliphatic carbocycles. The highest BCUT2D eigenvalue weighted by Gasteiger charge is 2.15. The zero-order valence-electron chi connectivity index (χ0n) is 11.6. The Hall–Kier alpha value is -2.96. The molecule has 0 radical (unpaired) electrons. The highest BCUT2D eigenvalue weighted by molar-refractivity contribution is 6.10. The van der Waals surface area contributed by atoms with E-state index in [-0.39, 0.29) is 17.5 Å². The Morgan fingerprint density at radius 2 is 1.90 bits per heavy atom. The van der Waals surface area contributed by atoms with Gasteiger partial charge < -0.3 is 5.73 Å². The average Bonchev–Trinajstić information content (AvgIpc) is 2.80. The van der Waals surface area contributed by atoms with E-state index in [4.69, 9.17) is 5.73 Å². The lowest BCUT2D eigenvalue weighted by molar-refractivity contribution is 0.102. The first-order chi connectivity index (χ1) is 10.0. The molecule has 0 aliphatic rings. The van der Waals surface area contributed by atoms with Crippen molar-refractivity contribution in [1.29, 1.82) is 0 Å². The molecule has 0 unspecified atom stereocenters. The number of aryl methyl sites for hydroxylation is 2. The Bertz CT molecular complexity index is 818. The lowest BCUT2D eigenvalue weighted by Gasteiger charge is -2.04. The summed E-state index contributed by atoms with van der Waals surface area (Å²) < 4.78 is 0. The van der Waals surface area contributed by atoms with Crippen LogP contribution in [0.2, 0.25) is 0 Å². The van der Waals surface area contributed by atoms with Crippen LogP contribution < -0.4 is 11.1 Å². The second-order valence-electron chi connectivity index (χ2n) is 4.81. The Morgan fingerprint density at radius 1 is 1.19 bits per heavy atom. The first-order valence-electron chi connectivity index (χ1n) is 6.40. The van der Waals surface area contributed by atoms with E-state index in [0.29, 0.717) is 11.1 Å². The summed E-state index contributed by atoms with van der Waals surface area (Å²) >= 11 is 0. The normalized spacial score (nSPS) is 10.8. The number of carbonyl (C=O) groups is 1. The van der Waals surface area contributed by atoms with Gasteiger partial charge in [-0.25, -0.2) is 9.97 Å².